The van der Waals surface area contributed by atoms with Gasteiger partial charge in [-0.1, -0.05) is 102 Å². The van der Waals surface area contributed by atoms with Crippen LogP contribution in [-0.2, 0) is 6.42 Å². The van der Waals surface area contributed by atoms with E-state index in [9.17, 15) is 0 Å². The van der Waals surface area contributed by atoms with Gasteiger partial charge in [0.1, 0.15) is 0 Å². The highest BCUT2D eigenvalue weighted by molar-refractivity contribution is 9.11. The third kappa shape index (κ3) is 12.1. The Kier molecular flexibility index (Phi) is 18.4. The molecule has 2 aromatic rings. The van der Waals surface area contributed by atoms with Crippen LogP contribution in [0.3, 0.4) is 0 Å². The monoisotopic (exact) mass is 605 g/mol. The van der Waals surface area contributed by atoms with Crippen molar-refractivity contribution >= 4 is 32.5 Å². The molecule has 2 N–H and O–H groups in total. The molecule has 1 atom stereocenters. The molecule has 0 saturated heterocycles. The van der Waals surface area contributed by atoms with E-state index in [1.165, 1.54) is 40.6 Å². The molecule has 1 aromatic carbocycles. The number of halogens is 1. The molecule has 1 unspecified atom stereocenters. The van der Waals surface area contributed by atoms with E-state index in [1.54, 1.807) is 0 Å². The highest BCUT2D eigenvalue weighted by Gasteiger charge is 2.16. The molecule has 1 heterocycles. The first kappa shape index (κ1) is 35.2. The van der Waals surface area contributed by atoms with Gasteiger partial charge in [0.15, 0.2) is 0 Å². The topological polar surface area (TPSA) is 40.2 Å². The van der Waals surface area contributed by atoms with Crippen LogP contribution in [0.25, 0.3) is 10.9 Å². The van der Waals surface area contributed by atoms with E-state index in [-0.39, 0.29) is 0 Å². The predicted molar refractivity (Wildman–Crippen MR) is 184 cm³/mol. The second kappa shape index (κ2) is 21.0. The van der Waals surface area contributed by atoms with Crippen molar-refractivity contribution in [3.8, 4) is 0 Å². The Morgan fingerprint density at radius 3 is 2.52 bits per heavy atom. The Balaban J connectivity index is 0.00000391. The molecule has 0 aliphatic rings. The number of hydrogen-bond donors (Lipinski definition) is 2. The maximum absolute atomic E-state index is 5.14. The van der Waals surface area contributed by atoms with Gasteiger partial charge in [0, 0.05) is 45.5 Å². The molecule has 0 aliphatic heterocycles. The number of aryl methyl sites for hydroxylation is 1. The number of benzene rings is 1. The molecule has 0 aliphatic carbocycles. The molecular weight excluding hydrogens is 554 g/mol. The van der Waals surface area contributed by atoms with Crippen LogP contribution >= 0.6 is 15.9 Å². The van der Waals surface area contributed by atoms with E-state index >= 15 is 0 Å². The first-order valence-corrected chi connectivity index (χ1v) is 15.8. The zero-order valence-electron chi connectivity index (χ0n) is 25.8. The van der Waals surface area contributed by atoms with Gasteiger partial charge in [0.05, 0.1) is 5.70 Å². The number of unbranched alkanes of at least 4 members (excludes halogenated alkanes) is 1. The maximum atomic E-state index is 5.14. The third-order valence-electron chi connectivity index (χ3n) is 6.84. The van der Waals surface area contributed by atoms with Crippen LogP contribution in [0.4, 0.5) is 0 Å². The average Bonchev–Trinajstić information content (AvgIpc) is 3.41. The normalized spacial score (nSPS) is 14.0. The Hall–Kier alpha value is -2.85. The minimum absolute atomic E-state index is 0.410. The second-order valence-electron chi connectivity index (χ2n) is 9.60. The van der Waals surface area contributed by atoms with E-state index in [1.807, 2.05) is 32.1 Å². The number of aromatic nitrogens is 1. The quantitative estimate of drug-likeness (QED) is 0.105. The van der Waals surface area contributed by atoms with Crippen molar-refractivity contribution in [1.82, 2.24) is 10.3 Å². The summed E-state index contributed by atoms with van der Waals surface area (Å²) in [7, 11) is 0. The van der Waals surface area contributed by atoms with Gasteiger partial charge < -0.3 is 10.3 Å². The van der Waals surface area contributed by atoms with Crippen molar-refractivity contribution in [3.63, 3.8) is 0 Å². The van der Waals surface area contributed by atoms with Crippen molar-refractivity contribution in [2.75, 3.05) is 6.54 Å². The van der Waals surface area contributed by atoms with Crippen LogP contribution in [-0.4, -0.2) is 17.2 Å². The lowest BCUT2D eigenvalue weighted by molar-refractivity contribution is 0.530. The molecule has 4 heteroatoms. The highest BCUT2D eigenvalue weighted by atomic mass is 79.9. The van der Waals surface area contributed by atoms with Gasteiger partial charge in [-0.15, -0.1) is 0 Å². The predicted octanol–water partition coefficient (Wildman–Crippen LogP) is 11.1. The molecule has 2 rings (SSSR count). The number of aliphatic imine (C=N–C) groups is 1. The summed E-state index contributed by atoms with van der Waals surface area (Å²) >= 11 is 3.62. The fourth-order valence-corrected chi connectivity index (χ4v) is 4.68. The van der Waals surface area contributed by atoms with Crippen molar-refractivity contribution in [3.05, 3.63) is 107 Å². The summed E-state index contributed by atoms with van der Waals surface area (Å²) in [5.74, 6) is 0.410. The van der Waals surface area contributed by atoms with Gasteiger partial charge >= 0.3 is 0 Å². The SMILES string of the molecule is C=C/C=C\C(=C/C)CN/C(=C/C(=N\C(C)=C(/Br)C=C)C(CCC)CCCCc1c[nH]c2ccccc12)CC.CC. The smallest absolute Gasteiger partial charge is 0.0517 e. The number of H-pyrrole nitrogens is 1. The van der Waals surface area contributed by atoms with Crippen LogP contribution in [0.1, 0.15) is 85.6 Å². The fraction of sp³-hybridized carbons (Fsp3) is 0.417. The maximum Gasteiger partial charge on any atom is 0.0517 e. The van der Waals surface area contributed by atoms with Crippen LogP contribution in [0, 0.1) is 5.92 Å². The molecule has 218 valence electrons. The largest absolute Gasteiger partial charge is 0.384 e. The zero-order chi connectivity index (χ0) is 29.8. The van der Waals surface area contributed by atoms with Crippen LogP contribution in [0.15, 0.2) is 107 Å². The van der Waals surface area contributed by atoms with E-state index in [2.05, 4.69) is 116 Å². The highest BCUT2D eigenvalue weighted by Crippen LogP contribution is 2.24. The average molecular weight is 607 g/mol. The molecule has 0 fully saturated rings. The van der Waals surface area contributed by atoms with Crippen LogP contribution < -0.4 is 5.32 Å². The lowest BCUT2D eigenvalue weighted by Crippen LogP contribution is -2.20. The third-order valence-corrected chi connectivity index (χ3v) is 7.74. The number of allylic oxidation sites excluding steroid dienone is 8. The first-order valence-electron chi connectivity index (χ1n) is 15.0. The van der Waals surface area contributed by atoms with Gasteiger partial charge in [0.2, 0.25) is 0 Å². The number of aromatic amines is 1. The molecule has 0 saturated carbocycles. The molecule has 0 amide bonds. The first-order chi connectivity index (χ1) is 19.5. The Labute approximate surface area is 253 Å². The summed E-state index contributed by atoms with van der Waals surface area (Å²) in [6, 6.07) is 8.58. The minimum atomic E-state index is 0.410. The number of nitrogens with zero attached hydrogens (tertiary/aromatic N) is 1. The van der Waals surface area contributed by atoms with Crippen molar-refractivity contribution in [2.45, 2.75) is 86.5 Å². The molecule has 1 aromatic heterocycles. The molecule has 0 radical (unpaired) electrons. The van der Waals surface area contributed by atoms with E-state index in [0.717, 1.165) is 54.5 Å². The molecule has 3 nitrogen and oxygen atoms in total. The van der Waals surface area contributed by atoms with Gasteiger partial charge in [-0.2, -0.15) is 0 Å². The van der Waals surface area contributed by atoms with Gasteiger partial charge in [0.25, 0.3) is 0 Å². The summed E-state index contributed by atoms with van der Waals surface area (Å²) in [6.45, 7) is 21.1. The van der Waals surface area contributed by atoms with Crippen molar-refractivity contribution in [2.24, 2.45) is 10.9 Å². The van der Waals surface area contributed by atoms with Gasteiger partial charge in [-0.05, 0) is 85.2 Å². The number of para-hydroxylation sites is 1. The van der Waals surface area contributed by atoms with Crippen LogP contribution in [0.5, 0.6) is 0 Å². The summed E-state index contributed by atoms with van der Waals surface area (Å²) < 4.78 is 0.940. The number of rotatable bonds is 17. The standard InChI is InChI=1S/C34H46BrN3.C2H6/c1-7-12-18-27(9-3)24-36-30(10-4)23-34(38-26(6)32(35)11-5)28(17-8-2)19-13-14-20-29-25-37-33-22-16-15-21-31(29)33;1-2/h7,9,11-12,15-16,18,21-23,25,28,36-37H,1,5,8,10,13-14,17,19-20,24H2,2-4,6H3;1-2H3/b18-12-,27-9+,30-23+,32-26-,38-34+;. The Bertz CT molecular complexity index is 1190. The van der Waals surface area contributed by atoms with E-state index in [4.69, 9.17) is 4.99 Å². The number of nitrogens with one attached hydrogen (secondary N) is 2. The molecule has 0 spiro atoms. The zero-order valence-corrected chi connectivity index (χ0v) is 27.4. The summed E-state index contributed by atoms with van der Waals surface area (Å²) in [6.07, 6.45) is 22.1. The lowest BCUT2D eigenvalue weighted by atomic mass is 9.90. The Morgan fingerprint density at radius 1 is 1.12 bits per heavy atom. The summed E-state index contributed by atoms with van der Waals surface area (Å²) in [4.78, 5) is 8.55. The lowest BCUT2D eigenvalue weighted by Gasteiger charge is -2.19. The summed E-state index contributed by atoms with van der Waals surface area (Å²) in [5, 5.41) is 5.00. The molecule has 40 heavy (non-hydrogen) atoms. The number of hydrogen-bond acceptors (Lipinski definition) is 2. The van der Waals surface area contributed by atoms with E-state index in [0.29, 0.717) is 5.92 Å². The van der Waals surface area contributed by atoms with Gasteiger partial charge in [-0.3, -0.25) is 4.99 Å². The number of fused-ring (bicyclic) bond motifs is 1. The van der Waals surface area contributed by atoms with E-state index < -0.39 is 0 Å². The molecule has 0 bridgehead atoms. The van der Waals surface area contributed by atoms with Crippen molar-refractivity contribution in [1.29, 1.82) is 0 Å². The fourth-order valence-electron chi connectivity index (χ4n) is 4.59. The van der Waals surface area contributed by atoms with Crippen LogP contribution in [0.2, 0.25) is 0 Å². The summed E-state index contributed by atoms with van der Waals surface area (Å²) in [5.41, 5.74) is 7.19. The van der Waals surface area contributed by atoms with Crippen molar-refractivity contribution < 1.29 is 0 Å². The second-order valence-corrected chi connectivity index (χ2v) is 10.5. The Morgan fingerprint density at radius 2 is 1.88 bits per heavy atom. The minimum Gasteiger partial charge on any atom is -0.384 e. The molecular formula is C36H52BrN3. The van der Waals surface area contributed by atoms with Gasteiger partial charge in [-0.25, -0.2) is 0 Å².